The Labute approximate surface area is 129 Å². The number of rotatable bonds is 2. The maximum absolute atomic E-state index is 12.2. The number of nitrogens with one attached hydrogen (secondary N) is 2. The molecule has 6 heteroatoms. The van der Waals surface area contributed by atoms with Crippen LogP contribution in [0.1, 0.15) is 18.4 Å². The first kappa shape index (κ1) is 15.6. The normalized spacial score (nSPS) is 15.7. The maximum Gasteiger partial charge on any atom is 0.321 e. The van der Waals surface area contributed by atoms with E-state index in [1.165, 1.54) is 0 Å². The van der Waals surface area contributed by atoms with Gasteiger partial charge in [0.15, 0.2) is 0 Å². The zero-order valence-electron chi connectivity index (χ0n) is 12.3. The Morgan fingerprint density at radius 1 is 1.29 bits per heavy atom. The van der Waals surface area contributed by atoms with Crippen LogP contribution in [0.15, 0.2) is 18.2 Å². The number of likely N-dealkylation sites (tertiary alicyclic amines) is 1. The molecule has 1 aromatic carbocycles. The number of urea groups is 1. The molecule has 0 bridgehead atoms. The molecule has 2 rings (SSSR count). The van der Waals surface area contributed by atoms with Crippen molar-refractivity contribution in [1.82, 2.24) is 10.2 Å². The Kier molecular flexibility index (Phi) is 5.07. The van der Waals surface area contributed by atoms with Crippen molar-refractivity contribution in [3.05, 3.63) is 28.8 Å². The fraction of sp³-hybridized carbons (Fsp3) is 0.467. The third-order valence-electron chi connectivity index (χ3n) is 3.91. The molecule has 1 heterocycles. The van der Waals surface area contributed by atoms with Gasteiger partial charge >= 0.3 is 6.03 Å². The molecule has 114 valence electrons. The summed E-state index contributed by atoms with van der Waals surface area (Å²) in [5.41, 5.74) is 1.58. The summed E-state index contributed by atoms with van der Waals surface area (Å²) in [7, 11) is 1.64. The van der Waals surface area contributed by atoms with Crippen molar-refractivity contribution in [3.63, 3.8) is 0 Å². The number of anilines is 1. The third-order valence-corrected chi connectivity index (χ3v) is 4.32. The monoisotopic (exact) mass is 309 g/mol. The van der Waals surface area contributed by atoms with Gasteiger partial charge in [-0.25, -0.2) is 4.79 Å². The van der Waals surface area contributed by atoms with E-state index in [0.717, 1.165) is 11.3 Å². The van der Waals surface area contributed by atoms with Gasteiger partial charge in [0.25, 0.3) is 0 Å². The quantitative estimate of drug-likeness (QED) is 0.882. The van der Waals surface area contributed by atoms with Gasteiger partial charge in [-0.2, -0.15) is 0 Å². The summed E-state index contributed by atoms with van der Waals surface area (Å²) in [4.78, 5) is 25.6. The van der Waals surface area contributed by atoms with Gasteiger partial charge < -0.3 is 15.5 Å². The summed E-state index contributed by atoms with van der Waals surface area (Å²) >= 11 is 6.04. The van der Waals surface area contributed by atoms with Crippen LogP contribution in [0.4, 0.5) is 10.5 Å². The van der Waals surface area contributed by atoms with E-state index in [9.17, 15) is 9.59 Å². The van der Waals surface area contributed by atoms with Crippen molar-refractivity contribution in [2.75, 3.05) is 25.5 Å². The first-order valence-electron chi connectivity index (χ1n) is 7.05. The van der Waals surface area contributed by atoms with Crippen LogP contribution in [0.25, 0.3) is 0 Å². The fourth-order valence-electron chi connectivity index (χ4n) is 2.49. The van der Waals surface area contributed by atoms with Crippen LogP contribution in [0.2, 0.25) is 5.02 Å². The van der Waals surface area contributed by atoms with Crippen molar-refractivity contribution < 1.29 is 9.59 Å². The van der Waals surface area contributed by atoms with E-state index < -0.39 is 0 Å². The smallest absolute Gasteiger partial charge is 0.321 e. The minimum atomic E-state index is -0.143. The van der Waals surface area contributed by atoms with Gasteiger partial charge in [0.1, 0.15) is 0 Å². The molecule has 0 radical (unpaired) electrons. The van der Waals surface area contributed by atoms with Crippen molar-refractivity contribution in [2.24, 2.45) is 5.92 Å². The van der Waals surface area contributed by atoms with Crippen molar-refractivity contribution in [2.45, 2.75) is 19.8 Å². The maximum atomic E-state index is 12.2. The first-order valence-corrected chi connectivity index (χ1v) is 7.43. The van der Waals surface area contributed by atoms with Crippen molar-refractivity contribution >= 4 is 29.2 Å². The summed E-state index contributed by atoms with van der Waals surface area (Å²) in [5, 5.41) is 6.17. The Morgan fingerprint density at radius 3 is 2.57 bits per heavy atom. The molecular weight excluding hydrogens is 290 g/mol. The Bertz CT molecular complexity index is 540. The number of amides is 3. The van der Waals surface area contributed by atoms with Crippen molar-refractivity contribution in [3.8, 4) is 0 Å². The van der Waals surface area contributed by atoms with Gasteiger partial charge in [-0.15, -0.1) is 0 Å². The lowest BCUT2D eigenvalue weighted by atomic mass is 9.96. The highest BCUT2D eigenvalue weighted by Crippen LogP contribution is 2.24. The number of carbonyl (C=O) groups is 2. The molecule has 0 unspecified atom stereocenters. The SMILES string of the molecule is CNC(=O)C1CCN(C(=O)Nc2cccc(Cl)c2C)CC1. The standard InChI is InChI=1S/C15H20ClN3O2/c1-10-12(16)4-3-5-13(10)18-15(21)19-8-6-11(7-9-19)14(20)17-2/h3-5,11H,6-9H2,1-2H3,(H,17,20)(H,18,21). The molecule has 1 aromatic rings. The molecule has 2 N–H and O–H groups in total. The van der Waals surface area contributed by atoms with Gasteiger partial charge in [0.2, 0.25) is 5.91 Å². The Balaban J connectivity index is 1.93. The van der Waals surface area contributed by atoms with Gasteiger partial charge in [0.05, 0.1) is 0 Å². The van der Waals surface area contributed by atoms with Gasteiger partial charge in [-0.3, -0.25) is 4.79 Å². The van der Waals surface area contributed by atoms with Gasteiger partial charge in [-0.05, 0) is 37.5 Å². The molecule has 1 aliphatic rings. The van der Waals surface area contributed by atoms with Crippen LogP contribution in [0, 0.1) is 12.8 Å². The molecule has 0 aliphatic carbocycles. The number of piperidine rings is 1. The molecule has 0 saturated carbocycles. The minimum absolute atomic E-state index is 0.00644. The zero-order valence-corrected chi connectivity index (χ0v) is 13.0. The molecule has 0 atom stereocenters. The fourth-order valence-corrected chi connectivity index (χ4v) is 2.66. The number of halogens is 1. The lowest BCUT2D eigenvalue weighted by Gasteiger charge is -2.31. The summed E-state index contributed by atoms with van der Waals surface area (Å²) in [6.07, 6.45) is 1.39. The summed E-state index contributed by atoms with van der Waals surface area (Å²) in [6.45, 7) is 3.04. The molecule has 5 nitrogen and oxygen atoms in total. The molecule has 21 heavy (non-hydrogen) atoms. The largest absolute Gasteiger partial charge is 0.359 e. The lowest BCUT2D eigenvalue weighted by molar-refractivity contribution is -0.125. The topological polar surface area (TPSA) is 61.4 Å². The molecule has 1 aliphatic heterocycles. The molecule has 3 amide bonds. The second-order valence-electron chi connectivity index (χ2n) is 5.22. The predicted octanol–water partition coefficient (Wildman–Crippen LogP) is 2.64. The van der Waals surface area contributed by atoms with E-state index in [0.29, 0.717) is 31.0 Å². The average molecular weight is 310 g/mol. The minimum Gasteiger partial charge on any atom is -0.359 e. The van der Waals surface area contributed by atoms with E-state index in [2.05, 4.69) is 10.6 Å². The van der Waals surface area contributed by atoms with Crippen LogP contribution in [0.5, 0.6) is 0 Å². The number of hydrogen-bond acceptors (Lipinski definition) is 2. The second kappa shape index (κ2) is 6.80. The number of benzene rings is 1. The van der Waals surface area contributed by atoms with E-state index in [4.69, 9.17) is 11.6 Å². The van der Waals surface area contributed by atoms with Crippen LogP contribution in [-0.4, -0.2) is 37.0 Å². The van der Waals surface area contributed by atoms with E-state index in [1.807, 2.05) is 19.1 Å². The molecule has 1 fully saturated rings. The summed E-state index contributed by atoms with van der Waals surface area (Å²) < 4.78 is 0. The molecular formula is C15H20ClN3O2. The van der Waals surface area contributed by atoms with Crippen LogP contribution in [-0.2, 0) is 4.79 Å². The van der Waals surface area contributed by atoms with Crippen LogP contribution in [0.3, 0.4) is 0 Å². The van der Waals surface area contributed by atoms with Gasteiger partial charge in [-0.1, -0.05) is 17.7 Å². The number of carbonyl (C=O) groups excluding carboxylic acids is 2. The Morgan fingerprint density at radius 2 is 1.95 bits per heavy atom. The Hall–Kier alpha value is -1.75. The van der Waals surface area contributed by atoms with E-state index >= 15 is 0 Å². The highest BCUT2D eigenvalue weighted by molar-refractivity contribution is 6.31. The van der Waals surface area contributed by atoms with Gasteiger partial charge in [0, 0.05) is 36.8 Å². The van der Waals surface area contributed by atoms with Crippen molar-refractivity contribution in [1.29, 1.82) is 0 Å². The molecule has 0 spiro atoms. The highest BCUT2D eigenvalue weighted by Gasteiger charge is 2.26. The van der Waals surface area contributed by atoms with Crippen LogP contribution < -0.4 is 10.6 Å². The second-order valence-corrected chi connectivity index (χ2v) is 5.63. The predicted molar refractivity (Wildman–Crippen MR) is 83.6 cm³/mol. The number of nitrogens with zero attached hydrogens (tertiary/aromatic N) is 1. The molecule has 1 saturated heterocycles. The van der Waals surface area contributed by atoms with E-state index in [-0.39, 0.29) is 17.9 Å². The average Bonchev–Trinajstić information content (AvgIpc) is 2.51. The number of hydrogen-bond donors (Lipinski definition) is 2. The summed E-state index contributed by atoms with van der Waals surface area (Å²) in [5.74, 6) is 0.0627. The lowest BCUT2D eigenvalue weighted by Crippen LogP contribution is -2.44. The molecule has 0 aromatic heterocycles. The highest BCUT2D eigenvalue weighted by atomic mass is 35.5. The van der Waals surface area contributed by atoms with Crippen LogP contribution >= 0.6 is 11.6 Å². The summed E-state index contributed by atoms with van der Waals surface area (Å²) in [6, 6.07) is 5.29. The third kappa shape index (κ3) is 3.67. The first-order chi connectivity index (χ1) is 10.0. The van der Waals surface area contributed by atoms with E-state index in [1.54, 1.807) is 18.0 Å². The zero-order chi connectivity index (χ0) is 15.4.